The van der Waals surface area contributed by atoms with E-state index in [4.69, 9.17) is 10.5 Å². The average Bonchev–Trinajstić information content (AvgIpc) is 2.62. The molecule has 2 rings (SSSR count). The van der Waals surface area contributed by atoms with Crippen LogP contribution >= 0.6 is 11.8 Å². The van der Waals surface area contributed by atoms with Gasteiger partial charge < -0.3 is 15.8 Å². The third kappa shape index (κ3) is 6.21. The van der Waals surface area contributed by atoms with Gasteiger partial charge in [0.05, 0.1) is 17.7 Å². The van der Waals surface area contributed by atoms with Crippen molar-refractivity contribution in [1.82, 2.24) is 0 Å². The number of primary amides is 1. The normalized spacial score (nSPS) is 10.2. The molecule has 6 nitrogen and oxygen atoms in total. The number of nitrogens with two attached hydrogens (primary N) is 1. The Morgan fingerprint density at radius 2 is 1.77 bits per heavy atom. The van der Waals surface area contributed by atoms with Gasteiger partial charge in [0.15, 0.2) is 6.61 Å². The predicted octanol–water partition coefficient (Wildman–Crippen LogP) is 2.59. The number of nitrogens with one attached hydrogen (secondary N) is 1. The average molecular weight is 376 g/mol. The molecule has 2 aromatic rings. The molecule has 8 heteroatoms. The van der Waals surface area contributed by atoms with E-state index in [2.05, 4.69) is 5.32 Å². The summed E-state index contributed by atoms with van der Waals surface area (Å²) in [7, 11) is 0. The number of benzene rings is 2. The standard InChI is InChI=1S/C18H17FN2O4S/c19-12-5-7-13(8-6-12)26-10-9-17(23)25-11-16(22)21-15-4-2-1-3-14(15)18(20)24/h1-8H,9-11H2,(H2,20,24)(H,21,22). The van der Waals surface area contributed by atoms with Gasteiger partial charge in [0.1, 0.15) is 5.82 Å². The number of thioether (sulfide) groups is 1. The van der Waals surface area contributed by atoms with Crippen LogP contribution in [0.4, 0.5) is 10.1 Å². The van der Waals surface area contributed by atoms with Crippen LogP contribution in [-0.2, 0) is 14.3 Å². The summed E-state index contributed by atoms with van der Waals surface area (Å²) < 4.78 is 17.7. The van der Waals surface area contributed by atoms with Gasteiger partial charge in [-0.05, 0) is 36.4 Å². The first-order chi connectivity index (χ1) is 12.5. The molecule has 0 saturated carbocycles. The zero-order valence-electron chi connectivity index (χ0n) is 13.7. The number of hydrogen-bond acceptors (Lipinski definition) is 5. The Morgan fingerprint density at radius 1 is 1.08 bits per heavy atom. The van der Waals surface area contributed by atoms with Crippen molar-refractivity contribution in [2.75, 3.05) is 17.7 Å². The first kappa shape index (κ1) is 19.5. The van der Waals surface area contributed by atoms with Gasteiger partial charge in [0.2, 0.25) is 0 Å². The monoisotopic (exact) mass is 376 g/mol. The SMILES string of the molecule is NC(=O)c1ccccc1NC(=O)COC(=O)CCSc1ccc(F)cc1. The lowest BCUT2D eigenvalue weighted by molar-refractivity contribution is -0.146. The molecule has 0 heterocycles. The molecule has 2 amide bonds. The minimum atomic E-state index is -0.671. The molecule has 0 fully saturated rings. The smallest absolute Gasteiger partial charge is 0.307 e. The first-order valence-electron chi connectivity index (χ1n) is 7.68. The van der Waals surface area contributed by atoms with Crippen molar-refractivity contribution >= 4 is 35.2 Å². The van der Waals surface area contributed by atoms with Crippen LogP contribution in [0, 0.1) is 5.82 Å². The fraction of sp³-hybridized carbons (Fsp3) is 0.167. The maximum absolute atomic E-state index is 12.8. The molecule has 0 aromatic heterocycles. The van der Waals surface area contributed by atoms with Gasteiger partial charge in [-0.2, -0.15) is 0 Å². The third-order valence-corrected chi connectivity index (χ3v) is 4.23. The lowest BCUT2D eigenvalue weighted by Gasteiger charge is -2.09. The van der Waals surface area contributed by atoms with Crippen molar-refractivity contribution in [3.8, 4) is 0 Å². The van der Waals surface area contributed by atoms with Crippen molar-refractivity contribution in [1.29, 1.82) is 0 Å². The van der Waals surface area contributed by atoms with Crippen LogP contribution in [0.3, 0.4) is 0 Å². The molecule has 2 aromatic carbocycles. The number of rotatable bonds is 8. The predicted molar refractivity (Wildman–Crippen MR) is 96.3 cm³/mol. The van der Waals surface area contributed by atoms with Crippen LogP contribution < -0.4 is 11.1 Å². The van der Waals surface area contributed by atoms with Crippen LogP contribution in [0.1, 0.15) is 16.8 Å². The van der Waals surface area contributed by atoms with Crippen molar-refractivity contribution < 1.29 is 23.5 Å². The summed E-state index contributed by atoms with van der Waals surface area (Å²) in [4.78, 5) is 35.6. The highest BCUT2D eigenvalue weighted by atomic mass is 32.2. The van der Waals surface area contributed by atoms with Gasteiger partial charge in [-0.25, -0.2) is 4.39 Å². The molecule has 136 valence electrons. The number of halogens is 1. The van der Waals surface area contributed by atoms with E-state index < -0.39 is 24.4 Å². The zero-order valence-corrected chi connectivity index (χ0v) is 14.6. The third-order valence-electron chi connectivity index (χ3n) is 3.22. The van der Waals surface area contributed by atoms with Crippen molar-refractivity contribution in [2.24, 2.45) is 5.73 Å². The summed E-state index contributed by atoms with van der Waals surface area (Å²) in [5, 5.41) is 2.48. The number of carbonyl (C=O) groups excluding carboxylic acids is 3. The van der Waals surface area contributed by atoms with E-state index in [1.54, 1.807) is 24.3 Å². The van der Waals surface area contributed by atoms with E-state index >= 15 is 0 Å². The van der Waals surface area contributed by atoms with Crippen LogP contribution in [0.5, 0.6) is 0 Å². The molecule has 0 aliphatic rings. The summed E-state index contributed by atoms with van der Waals surface area (Å²) in [6.45, 7) is -0.465. The molecule has 26 heavy (non-hydrogen) atoms. The summed E-state index contributed by atoms with van der Waals surface area (Å²) in [6.07, 6.45) is 0.104. The lowest BCUT2D eigenvalue weighted by Crippen LogP contribution is -2.23. The molecule has 0 aliphatic heterocycles. The highest BCUT2D eigenvalue weighted by Gasteiger charge is 2.12. The Kier molecular flexibility index (Phi) is 7.16. The maximum atomic E-state index is 12.8. The number of anilines is 1. The highest BCUT2D eigenvalue weighted by Crippen LogP contribution is 2.19. The topological polar surface area (TPSA) is 98.5 Å². The van der Waals surface area contributed by atoms with E-state index in [0.717, 1.165) is 4.90 Å². The van der Waals surface area contributed by atoms with Crippen molar-refractivity contribution in [2.45, 2.75) is 11.3 Å². The van der Waals surface area contributed by atoms with E-state index in [1.165, 1.54) is 36.0 Å². The lowest BCUT2D eigenvalue weighted by atomic mass is 10.1. The zero-order chi connectivity index (χ0) is 18.9. The highest BCUT2D eigenvalue weighted by molar-refractivity contribution is 7.99. The number of para-hydroxylation sites is 1. The molecule has 3 N–H and O–H groups in total. The van der Waals surface area contributed by atoms with E-state index in [1.807, 2.05) is 0 Å². The van der Waals surface area contributed by atoms with Crippen molar-refractivity contribution in [3.05, 3.63) is 59.9 Å². The largest absolute Gasteiger partial charge is 0.456 e. The van der Waals surface area contributed by atoms with Gasteiger partial charge >= 0.3 is 5.97 Å². The summed E-state index contributed by atoms with van der Waals surface area (Å²) >= 11 is 1.38. The minimum Gasteiger partial charge on any atom is -0.456 e. The van der Waals surface area contributed by atoms with Gasteiger partial charge in [-0.1, -0.05) is 12.1 Å². The van der Waals surface area contributed by atoms with E-state index in [9.17, 15) is 18.8 Å². The van der Waals surface area contributed by atoms with Gasteiger partial charge in [-0.15, -0.1) is 11.8 Å². The molecular formula is C18H17FN2O4S. The Bertz CT molecular complexity index is 796. The van der Waals surface area contributed by atoms with E-state index in [-0.39, 0.29) is 23.5 Å². The molecule has 0 unspecified atom stereocenters. The summed E-state index contributed by atoms with van der Waals surface area (Å²) in [5.74, 6) is -1.65. The molecule has 0 radical (unpaired) electrons. The second-order valence-electron chi connectivity index (χ2n) is 5.17. The number of amides is 2. The van der Waals surface area contributed by atoms with Crippen LogP contribution in [0.2, 0.25) is 0 Å². The van der Waals surface area contributed by atoms with Crippen LogP contribution in [0.15, 0.2) is 53.4 Å². The molecule has 0 atom stereocenters. The van der Waals surface area contributed by atoms with Crippen LogP contribution in [0.25, 0.3) is 0 Å². The minimum absolute atomic E-state index is 0.104. The molecule has 0 aliphatic carbocycles. The Balaban J connectivity index is 1.72. The summed E-state index contributed by atoms with van der Waals surface area (Å²) in [6, 6.07) is 12.2. The van der Waals surface area contributed by atoms with Crippen LogP contribution in [-0.4, -0.2) is 30.1 Å². The fourth-order valence-corrected chi connectivity index (χ4v) is 2.83. The Morgan fingerprint density at radius 3 is 2.46 bits per heavy atom. The molecular weight excluding hydrogens is 359 g/mol. The molecule has 0 spiro atoms. The Labute approximate surface area is 153 Å². The Hall–Kier alpha value is -2.87. The summed E-state index contributed by atoms with van der Waals surface area (Å²) in [5.41, 5.74) is 5.65. The quantitative estimate of drug-likeness (QED) is 0.545. The van der Waals surface area contributed by atoms with Crippen molar-refractivity contribution in [3.63, 3.8) is 0 Å². The second-order valence-corrected chi connectivity index (χ2v) is 6.34. The first-order valence-corrected chi connectivity index (χ1v) is 8.67. The second kappa shape index (κ2) is 9.57. The molecule has 0 saturated heterocycles. The fourth-order valence-electron chi connectivity index (χ4n) is 1.99. The number of hydrogen-bond donors (Lipinski definition) is 2. The van der Waals surface area contributed by atoms with Gasteiger partial charge in [0, 0.05) is 10.6 Å². The number of carbonyl (C=O) groups is 3. The van der Waals surface area contributed by atoms with Gasteiger partial charge in [-0.3, -0.25) is 14.4 Å². The maximum Gasteiger partial charge on any atom is 0.307 e. The number of ether oxygens (including phenoxy) is 1. The molecule has 0 bridgehead atoms. The number of esters is 1. The van der Waals surface area contributed by atoms with Gasteiger partial charge in [0.25, 0.3) is 11.8 Å². The van der Waals surface area contributed by atoms with E-state index in [0.29, 0.717) is 5.75 Å².